The summed E-state index contributed by atoms with van der Waals surface area (Å²) in [5, 5.41) is 10.7. The number of benzene rings is 3. The Labute approximate surface area is 211 Å². The fourth-order valence-corrected chi connectivity index (χ4v) is 6.21. The summed E-state index contributed by atoms with van der Waals surface area (Å²) in [6, 6.07) is 23.1. The van der Waals surface area contributed by atoms with E-state index in [-0.39, 0.29) is 0 Å². The van der Waals surface area contributed by atoms with Gasteiger partial charge in [0.2, 0.25) is 0 Å². The summed E-state index contributed by atoms with van der Waals surface area (Å²) in [5.74, 6) is 1.95. The number of hydrogen-bond acceptors (Lipinski definition) is 4. The molecule has 3 aromatic carbocycles. The summed E-state index contributed by atoms with van der Waals surface area (Å²) in [7, 11) is -1.14. The van der Waals surface area contributed by atoms with Crippen LogP contribution in [0.25, 0.3) is 5.69 Å². The number of para-hydroxylation sites is 1. The molecule has 164 valence electrons. The summed E-state index contributed by atoms with van der Waals surface area (Å²) in [6.45, 7) is 0. The van der Waals surface area contributed by atoms with Crippen LogP contribution in [0.4, 0.5) is 0 Å². The molecule has 0 aliphatic heterocycles. The van der Waals surface area contributed by atoms with E-state index in [1.54, 1.807) is 0 Å². The maximum atomic E-state index is 12.9. The van der Waals surface area contributed by atoms with E-state index in [1.807, 2.05) is 77.4 Å². The van der Waals surface area contributed by atoms with Crippen LogP contribution in [0.15, 0.2) is 82.4 Å². The highest BCUT2D eigenvalue weighted by atomic mass is 79.9. The van der Waals surface area contributed by atoms with Crippen molar-refractivity contribution in [3.8, 4) is 5.69 Å². The van der Waals surface area contributed by atoms with Gasteiger partial charge < -0.3 is 0 Å². The second-order valence-corrected chi connectivity index (χ2v) is 11.0. The van der Waals surface area contributed by atoms with Crippen molar-refractivity contribution >= 4 is 61.7 Å². The van der Waals surface area contributed by atoms with Crippen molar-refractivity contribution in [2.24, 2.45) is 0 Å². The lowest BCUT2D eigenvalue weighted by Gasteiger charge is -2.11. The molecule has 0 aliphatic rings. The van der Waals surface area contributed by atoms with Crippen molar-refractivity contribution in [1.82, 2.24) is 14.8 Å². The highest BCUT2D eigenvalue weighted by Gasteiger charge is 2.18. The van der Waals surface area contributed by atoms with Crippen LogP contribution in [0.3, 0.4) is 0 Å². The minimum absolute atomic E-state index is 0.297. The smallest absolute Gasteiger partial charge is 0.196 e. The minimum Gasteiger partial charge on any atom is -0.273 e. The SMILES string of the molecule is O=[S@@](Cc1ccc(Br)cc1)Cc1nnc(SCc2c(Cl)cccc2Cl)n1-c1ccccc1. The number of hydrogen-bond donors (Lipinski definition) is 0. The topological polar surface area (TPSA) is 47.8 Å². The zero-order valence-electron chi connectivity index (χ0n) is 16.7. The average Bonchev–Trinajstić information content (AvgIpc) is 3.17. The van der Waals surface area contributed by atoms with Gasteiger partial charge >= 0.3 is 0 Å². The van der Waals surface area contributed by atoms with Crippen LogP contribution in [0.5, 0.6) is 0 Å². The van der Waals surface area contributed by atoms with Crippen LogP contribution < -0.4 is 0 Å². The Morgan fingerprint density at radius 1 is 0.875 bits per heavy atom. The van der Waals surface area contributed by atoms with Gasteiger partial charge in [0.05, 0.1) is 5.75 Å². The van der Waals surface area contributed by atoms with Gasteiger partial charge in [0.25, 0.3) is 0 Å². The van der Waals surface area contributed by atoms with Crippen molar-refractivity contribution in [3.63, 3.8) is 0 Å². The Balaban J connectivity index is 1.58. The third kappa shape index (κ3) is 5.83. The first-order valence-electron chi connectivity index (χ1n) is 9.66. The van der Waals surface area contributed by atoms with Crippen LogP contribution in [0, 0.1) is 0 Å². The molecule has 0 fully saturated rings. The molecule has 0 unspecified atom stereocenters. The third-order valence-corrected chi connectivity index (χ3v) is 8.08. The number of thioether (sulfide) groups is 1. The number of nitrogens with zero attached hydrogens (tertiary/aromatic N) is 3. The molecule has 1 heterocycles. The fraction of sp³-hybridized carbons (Fsp3) is 0.130. The van der Waals surface area contributed by atoms with E-state index in [0.717, 1.165) is 21.3 Å². The molecule has 4 rings (SSSR count). The predicted molar refractivity (Wildman–Crippen MR) is 137 cm³/mol. The standard InChI is InChI=1S/C23H18BrCl2N3OS2/c24-17-11-9-16(10-12-17)14-32(30)15-22-27-28-23(29(22)18-5-2-1-3-6-18)31-13-19-20(25)7-4-8-21(19)26/h1-12H,13-15H2/t32-/m0/s1. The largest absolute Gasteiger partial charge is 0.273 e. The highest BCUT2D eigenvalue weighted by molar-refractivity contribution is 9.10. The van der Waals surface area contributed by atoms with Gasteiger partial charge in [-0.3, -0.25) is 8.78 Å². The number of rotatable bonds is 8. The molecule has 0 aliphatic carbocycles. The zero-order valence-corrected chi connectivity index (χ0v) is 21.5. The van der Waals surface area contributed by atoms with Crippen LogP contribution in [0.2, 0.25) is 10.0 Å². The van der Waals surface area contributed by atoms with E-state index >= 15 is 0 Å². The molecule has 0 saturated heterocycles. The maximum Gasteiger partial charge on any atom is 0.196 e. The lowest BCUT2D eigenvalue weighted by Crippen LogP contribution is -2.07. The van der Waals surface area contributed by atoms with Gasteiger partial charge in [-0.2, -0.15) is 0 Å². The molecule has 0 amide bonds. The molecule has 4 nitrogen and oxygen atoms in total. The summed E-state index contributed by atoms with van der Waals surface area (Å²) in [5.41, 5.74) is 2.78. The van der Waals surface area contributed by atoms with Crippen molar-refractivity contribution in [1.29, 1.82) is 0 Å². The van der Waals surface area contributed by atoms with E-state index in [0.29, 0.717) is 38.3 Å². The van der Waals surface area contributed by atoms with Gasteiger partial charge in [0.1, 0.15) is 0 Å². The number of halogens is 3. The van der Waals surface area contributed by atoms with Crippen LogP contribution >= 0.6 is 50.9 Å². The monoisotopic (exact) mass is 565 g/mol. The van der Waals surface area contributed by atoms with Gasteiger partial charge in [0, 0.05) is 42.5 Å². The first kappa shape index (κ1) is 23.5. The molecule has 4 aromatic rings. The molecule has 0 radical (unpaired) electrons. The summed E-state index contributed by atoms with van der Waals surface area (Å²) >= 11 is 17.6. The molecule has 0 saturated carbocycles. The summed E-state index contributed by atoms with van der Waals surface area (Å²) in [6.07, 6.45) is 0. The Hall–Kier alpha value is -1.64. The Kier molecular flexibility index (Phi) is 8.07. The second-order valence-electron chi connectivity index (χ2n) is 6.91. The molecule has 1 aromatic heterocycles. The molecular weight excluding hydrogens is 549 g/mol. The van der Waals surface area contributed by atoms with Crippen molar-refractivity contribution in [2.45, 2.75) is 22.4 Å². The normalized spacial score (nSPS) is 12.1. The molecular formula is C23H18BrCl2N3OS2. The van der Waals surface area contributed by atoms with Crippen LogP contribution in [0.1, 0.15) is 17.0 Å². The molecule has 0 bridgehead atoms. The zero-order chi connectivity index (χ0) is 22.5. The van der Waals surface area contributed by atoms with Gasteiger partial charge in [-0.15, -0.1) is 10.2 Å². The van der Waals surface area contributed by atoms with Gasteiger partial charge in [-0.1, -0.05) is 87.3 Å². The second kappa shape index (κ2) is 11.0. The first-order valence-corrected chi connectivity index (χ1v) is 13.7. The summed E-state index contributed by atoms with van der Waals surface area (Å²) < 4.78 is 15.9. The lowest BCUT2D eigenvalue weighted by atomic mass is 10.2. The minimum atomic E-state index is -1.14. The van der Waals surface area contributed by atoms with E-state index in [9.17, 15) is 4.21 Å². The van der Waals surface area contributed by atoms with Gasteiger partial charge in [0.15, 0.2) is 11.0 Å². The third-order valence-electron chi connectivity index (χ3n) is 4.65. The van der Waals surface area contributed by atoms with E-state index in [4.69, 9.17) is 23.2 Å². The van der Waals surface area contributed by atoms with Crippen LogP contribution in [-0.2, 0) is 28.1 Å². The van der Waals surface area contributed by atoms with Crippen molar-refractivity contribution in [3.05, 3.63) is 104 Å². The molecule has 9 heteroatoms. The first-order chi connectivity index (χ1) is 15.5. The number of aromatic nitrogens is 3. The van der Waals surface area contributed by atoms with E-state index in [1.165, 1.54) is 11.8 Å². The van der Waals surface area contributed by atoms with E-state index in [2.05, 4.69) is 26.1 Å². The maximum absolute atomic E-state index is 12.9. The summed E-state index contributed by atoms with van der Waals surface area (Å²) in [4.78, 5) is 0. The Morgan fingerprint density at radius 2 is 1.56 bits per heavy atom. The van der Waals surface area contributed by atoms with Crippen LogP contribution in [-0.4, -0.2) is 19.0 Å². The van der Waals surface area contributed by atoms with Gasteiger partial charge in [-0.05, 0) is 47.5 Å². The fourth-order valence-electron chi connectivity index (χ4n) is 3.09. The predicted octanol–water partition coefficient (Wildman–Crippen LogP) is 7.08. The molecule has 0 spiro atoms. The van der Waals surface area contributed by atoms with Gasteiger partial charge in [-0.25, -0.2) is 0 Å². The molecule has 32 heavy (non-hydrogen) atoms. The lowest BCUT2D eigenvalue weighted by molar-refractivity contribution is 0.680. The van der Waals surface area contributed by atoms with Crippen molar-refractivity contribution < 1.29 is 4.21 Å². The Morgan fingerprint density at radius 3 is 2.25 bits per heavy atom. The average molecular weight is 567 g/mol. The highest BCUT2D eigenvalue weighted by Crippen LogP contribution is 2.32. The molecule has 1 atom stereocenters. The quantitative estimate of drug-likeness (QED) is 0.214. The Bertz CT molecular complexity index is 1210. The molecule has 0 N–H and O–H groups in total. The van der Waals surface area contributed by atoms with E-state index < -0.39 is 10.8 Å². The van der Waals surface area contributed by atoms with Crippen molar-refractivity contribution in [2.75, 3.05) is 0 Å².